The standard InChI is InChI=1S/C20H21N3O4/c1-2-27-18(24)12-7-14-5-10-17(11-6-14)23-19(25)16-8-3-15(4-9-16)13-22-20(21)26/h3-12H,2,13H2,1H3,(H,23,25)(H3,21,22,26)/b12-7+. The monoisotopic (exact) mass is 367 g/mol. The maximum absolute atomic E-state index is 12.3. The summed E-state index contributed by atoms with van der Waals surface area (Å²) in [6.07, 6.45) is 2.99. The number of urea groups is 1. The molecule has 0 heterocycles. The first kappa shape index (κ1) is 19.7. The molecule has 3 amide bonds. The molecule has 0 radical (unpaired) electrons. The molecule has 4 N–H and O–H groups in total. The van der Waals surface area contributed by atoms with Gasteiger partial charge in [-0.15, -0.1) is 0 Å². The van der Waals surface area contributed by atoms with Gasteiger partial charge in [-0.05, 0) is 48.4 Å². The van der Waals surface area contributed by atoms with E-state index in [9.17, 15) is 14.4 Å². The van der Waals surface area contributed by atoms with Crippen molar-refractivity contribution in [2.45, 2.75) is 13.5 Å². The van der Waals surface area contributed by atoms with Crippen LogP contribution in [-0.2, 0) is 16.1 Å². The third-order valence-electron chi connectivity index (χ3n) is 3.55. The molecule has 2 rings (SSSR count). The lowest BCUT2D eigenvalue weighted by Gasteiger charge is -2.07. The lowest BCUT2D eigenvalue weighted by molar-refractivity contribution is -0.137. The summed E-state index contributed by atoms with van der Waals surface area (Å²) in [6, 6.07) is 13.3. The van der Waals surface area contributed by atoms with Gasteiger partial charge >= 0.3 is 12.0 Å². The van der Waals surface area contributed by atoms with Crippen LogP contribution in [0.3, 0.4) is 0 Å². The number of nitrogens with two attached hydrogens (primary N) is 1. The molecule has 2 aromatic rings. The fourth-order valence-electron chi connectivity index (χ4n) is 2.20. The Morgan fingerprint density at radius 2 is 1.70 bits per heavy atom. The third kappa shape index (κ3) is 6.66. The van der Waals surface area contributed by atoms with Crippen LogP contribution in [0.15, 0.2) is 54.6 Å². The minimum atomic E-state index is -0.600. The van der Waals surface area contributed by atoms with Crippen molar-refractivity contribution in [3.63, 3.8) is 0 Å². The van der Waals surface area contributed by atoms with Gasteiger partial charge in [0.1, 0.15) is 0 Å². The summed E-state index contributed by atoms with van der Waals surface area (Å²) < 4.78 is 4.81. The van der Waals surface area contributed by atoms with Crippen LogP contribution in [-0.4, -0.2) is 24.5 Å². The van der Waals surface area contributed by atoms with E-state index in [0.29, 0.717) is 24.4 Å². The van der Waals surface area contributed by atoms with E-state index in [1.165, 1.54) is 6.08 Å². The third-order valence-corrected chi connectivity index (χ3v) is 3.55. The molecule has 2 aromatic carbocycles. The van der Waals surface area contributed by atoms with Gasteiger partial charge in [-0.1, -0.05) is 24.3 Å². The van der Waals surface area contributed by atoms with Crippen molar-refractivity contribution in [1.82, 2.24) is 5.32 Å². The molecule has 0 aliphatic heterocycles. The van der Waals surface area contributed by atoms with Crippen molar-refractivity contribution < 1.29 is 19.1 Å². The molecule has 0 saturated carbocycles. The molecule has 0 unspecified atom stereocenters. The quantitative estimate of drug-likeness (QED) is 0.516. The van der Waals surface area contributed by atoms with Gasteiger partial charge in [-0.25, -0.2) is 9.59 Å². The topological polar surface area (TPSA) is 111 Å². The summed E-state index contributed by atoms with van der Waals surface area (Å²) in [7, 11) is 0. The highest BCUT2D eigenvalue weighted by atomic mass is 16.5. The Kier molecular flexibility index (Phi) is 7.13. The van der Waals surface area contributed by atoms with E-state index >= 15 is 0 Å². The van der Waals surface area contributed by atoms with Gasteiger partial charge in [0.25, 0.3) is 5.91 Å². The zero-order valence-corrected chi connectivity index (χ0v) is 14.9. The molecule has 7 nitrogen and oxygen atoms in total. The smallest absolute Gasteiger partial charge is 0.330 e. The molecule has 0 aliphatic carbocycles. The Balaban J connectivity index is 1.93. The highest BCUT2D eigenvalue weighted by Gasteiger charge is 2.06. The molecular formula is C20H21N3O4. The van der Waals surface area contributed by atoms with Crippen LogP contribution < -0.4 is 16.4 Å². The van der Waals surface area contributed by atoms with Crippen LogP contribution in [0.5, 0.6) is 0 Å². The second-order valence-electron chi connectivity index (χ2n) is 5.58. The average Bonchev–Trinajstić information content (AvgIpc) is 2.66. The summed E-state index contributed by atoms with van der Waals surface area (Å²) in [5.74, 6) is -0.649. The number of amides is 3. The number of primary amides is 1. The molecular weight excluding hydrogens is 346 g/mol. The van der Waals surface area contributed by atoms with Crippen LogP contribution in [0.4, 0.5) is 10.5 Å². The van der Waals surface area contributed by atoms with Crippen molar-refractivity contribution in [2.24, 2.45) is 5.73 Å². The Morgan fingerprint density at radius 1 is 1.04 bits per heavy atom. The van der Waals surface area contributed by atoms with E-state index in [2.05, 4.69) is 10.6 Å². The Bertz CT molecular complexity index is 827. The molecule has 7 heteroatoms. The van der Waals surface area contributed by atoms with Gasteiger partial charge in [-0.2, -0.15) is 0 Å². The number of ether oxygens (including phenoxy) is 1. The van der Waals surface area contributed by atoms with Crippen molar-refractivity contribution in [1.29, 1.82) is 0 Å². The van der Waals surface area contributed by atoms with Crippen LogP contribution >= 0.6 is 0 Å². The number of esters is 1. The van der Waals surface area contributed by atoms with Gasteiger partial charge in [0.05, 0.1) is 6.61 Å². The summed E-state index contributed by atoms with van der Waals surface area (Å²) in [5, 5.41) is 5.28. The van der Waals surface area contributed by atoms with Crippen molar-refractivity contribution in [3.05, 3.63) is 71.3 Å². The number of anilines is 1. The molecule has 0 atom stereocenters. The van der Waals surface area contributed by atoms with Crippen LogP contribution in [0.25, 0.3) is 6.08 Å². The molecule has 0 saturated heterocycles. The van der Waals surface area contributed by atoms with E-state index in [-0.39, 0.29) is 5.91 Å². The summed E-state index contributed by atoms with van der Waals surface area (Å²) in [6.45, 7) is 2.38. The van der Waals surface area contributed by atoms with E-state index in [4.69, 9.17) is 10.5 Å². The summed E-state index contributed by atoms with van der Waals surface area (Å²) >= 11 is 0. The van der Waals surface area contributed by atoms with Crippen molar-refractivity contribution in [2.75, 3.05) is 11.9 Å². The number of carbonyl (C=O) groups is 3. The maximum atomic E-state index is 12.3. The Hall–Kier alpha value is -3.61. The molecule has 140 valence electrons. The number of benzene rings is 2. The minimum absolute atomic E-state index is 0.251. The first-order valence-corrected chi connectivity index (χ1v) is 8.36. The zero-order chi connectivity index (χ0) is 19.6. The fraction of sp³-hybridized carbons (Fsp3) is 0.150. The minimum Gasteiger partial charge on any atom is -0.463 e. The van der Waals surface area contributed by atoms with E-state index in [1.54, 1.807) is 61.5 Å². The Morgan fingerprint density at radius 3 is 2.30 bits per heavy atom. The van der Waals surface area contributed by atoms with E-state index in [0.717, 1.165) is 11.1 Å². The predicted octanol–water partition coefficient (Wildman–Crippen LogP) is 2.68. The van der Waals surface area contributed by atoms with E-state index < -0.39 is 12.0 Å². The van der Waals surface area contributed by atoms with Gasteiger partial charge in [0.15, 0.2) is 0 Å². The molecule has 0 fully saturated rings. The molecule has 27 heavy (non-hydrogen) atoms. The Labute approximate surface area is 157 Å². The highest BCUT2D eigenvalue weighted by molar-refractivity contribution is 6.04. The molecule has 0 bridgehead atoms. The van der Waals surface area contributed by atoms with Crippen LogP contribution in [0.1, 0.15) is 28.4 Å². The SMILES string of the molecule is CCOC(=O)/C=C/c1ccc(NC(=O)c2ccc(CNC(N)=O)cc2)cc1. The summed E-state index contributed by atoms with van der Waals surface area (Å²) in [5.41, 5.74) is 7.79. The highest BCUT2D eigenvalue weighted by Crippen LogP contribution is 2.13. The van der Waals surface area contributed by atoms with Gasteiger partial charge in [-0.3, -0.25) is 4.79 Å². The summed E-state index contributed by atoms with van der Waals surface area (Å²) in [4.78, 5) is 34.3. The number of carbonyl (C=O) groups excluding carboxylic acids is 3. The van der Waals surface area contributed by atoms with Crippen LogP contribution in [0.2, 0.25) is 0 Å². The lowest BCUT2D eigenvalue weighted by Crippen LogP contribution is -2.28. The van der Waals surface area contributed by atoms with Crippen molar-refractivity contribution >= 4 is 29.7 Å². The lowest BCUT2D eigenvalue weighted by atomic mass is 10.1. The molecule has 0 spiro atoms. The zero-order valence-electron chi connectivity index (χ0n) is 14.9. The van der Waals surface area contributed by atoms with Gasteiger partial charge in [0, 0.05) is 23.9 Å². The molecule has 0 aliphatic rings. The molecule has 0 aromatic heterocycles. The second-order valence-corrected chi connectivity index (χ2v) is 5.58. The fourth-order valence-corrected chi connectivity index (χ4v) is 2.20. The number of rotatable bonds is 7. The largest absolute Gasteiger partial charge is 0.463 e. The first-order valence-electron chi connectivity index (χ1n) is 8.36. The number of hydrogen-bond acceptors (Lipinski definition) is 4. The second kappa shape index (κ2) is 9.76. The van der Waals surface area contributed by atoms with Gasteiger partial charge in [0.2, 0.25) is 0 Å². The number of nitrogens with one attached hydrogen (secondary N) is 2. The van der Waals surface area contributed by atoms with Crippen molar-refractivity contribution in [3.8, 4) is 0 Å². The normalized spacial score (nSPS) is 10.4. The average molecular weight is 367 g/mol. The predicted molar refractivity (Wildman–Crippen MR) is 103 cm³/mol. The number of hydrogen-bond donors (Lipinski definition) is 3. The van der Waals surface area contributed by atoms with E-state index in [1.807, 2.05) is 0 Å². The van der Waals surface area contributed by atoms with Crippen LogP contribution in [0, 0.1) is 0 Å². The maximum Gasteiger partial charge on any atom is 0.330 e. The van der Waals surface area contributed by atoms with Gasteiger partial charge < -0.3 is 21.1 Å². The first-order chi connectivity index (χ1) is 13.0.